The highest BCUT2D eigenvalue weighted by Crippen LogP contribution is 2.38. The molecular weight excluding hydrogens is 240 g/mol. The van der Waals surface area contributed by atoms with E-state index >= 15 is 0 Å². The highest BCUT2D eigenvalue weighted by Gasteiger charge is 2.57. The fraction of sp³-hybridized carbons (Fsp3) is 0.917. The Morgan fingerprint density at radius 3 is 2.28 bits per heavy atom. The fourth-order valence-electron chi connectivity index (χ4n) is 2.53. The Balaban J connectivity index is 1.70. The molecule has 3 heterocycles. The Hall–Kier alpha value is -0.530. The van der Waals surface area contributed by atoms with E-state index in [0.29, 0.717) is 6.61 Å². The van der Waals surface area contributed by atoms with Gasteiger partial charge in [0.05, 0.1) is 6.61 Å². The molecule has 0 aromatic rings. The minimum absolute atomic E-state index is 0.128. The van der Waals surface area contributed by atoms with Gasteiger partial charge in [-0.15, -0.1) is 0 Å². The highest BCUT2D eigenvalue weighted by molar-refractivity contribution is 5.90. The quantitative estimate of drug-likeness (QED) is 0.685. The summed E-state index contributed by atoms with van der Waals surface area (Å²) in [6.07, 6.45) is -2.35. The zero-order valence-electron chi connectivity index (χ0n) is 11.0. The van der Waals surface area contributed by atoms with Crippen LogP contribution in [-0.2, 0) is 28.5 Å². The van der Waals surface area contributed by atoms with Crippen LogP contribution in [0.5, 0.6) is 0 Å². The van der Waals surface area contributed by atoms with Crippen LogP contribution in [0.2, 0.25) is 0 Å². The molecule has 18 heavy (non-hydrogen) atoms. The van der Waals surface area contributed by atoms with Gasteiger partial charge in [-0.05, 0) is 27.7 Å². The molecule has 0 spiro atoms. The van der Waals surface area contributed by atoms with Crippen molar-refractivity contribution in [3.63, 3.8) is 0 Å². The number of carbonyl (C=O) groups is 1. The van der Waals surface area contributed by atoms with E-state index in [1.54, 1.807) is 13.8 Å². The van der Waals surface area contributed by atoms with Gasteiger partial charge in [0.15, 0.2) is 35.9 Å². The number of carbonyl (C=O) groups excluding carboxylic acids is 1. The second kappa shape index (κ2) is 3.74. The van der Waals surface area contributed by atoms with E-state index in [-0.39, 0.29) is 5.78 Å². The van der Waals surface area contributed by atoms with Crippen molar-refractivity contribution in [3.8, 4) is 0 Å². The van der Waals surface area contributed by atoms with E-state index in [4.69, 9.17) is 23.7 Å². The first-order valence-electron chi connectivity index (χ1n) is 6.14. The topological polar surface area (TPSA) is 63.2 Å². The average Bonchev–Trinajstić information content (AvgIpc) is 2.81. The smallest absolute Gasteiger partial charge is 0.198 e. The number of ketones is 1. The standard InChI is InChI=1S/C12H18O6/c1-11(2)14-5-6(16-11)8-7(13)9-10(15-8)18-12(3,4)17-9/h6,8-10H,5H2,1-4H3/t6-,8-,9-,10?/m1/s1. The summed E-state index contributed by atoms with van der Waals surface area (Å²) in [5.41, 5.74) is 0. The van der Waals surface area contributed by atoms with Gasteiger partial charge in [-0.2, -0.15) is 0 Å². The third-order valence-electron chi connectivity index (χ3n) is 3.27. The molecule has 0 aliphatic carbocycles. The first kappa shape index (κ1) is 12.5. The van der Waals surface area contributed by atoms with Crippen LogP contribution >= 0.6 is 0 Å². The molecule has 3 fully saturated rings. The van der Waals surface area contributed by atoms with Crippen LogP contribution in [0.4, 0.5) is 0 Å². The predicted octanol–water partition coefficient (Wildman–Crippen LogP) is 0.583. The maximum absolute atomic E-state index is 12.2. The number of fused-ring (bicyclic) bond motifs is 1. The van der Waals surface area contributed by atoms with Crippen LogP contribution in [0, 0.1) is 0 Å². The van der Waals surface area contributed by atoms with Gasteiger partial charge in [0.1, 0.15) is 6.10 Å². The summed E-state index contributed by atoms with van der Waals surface area (Å²) in [6, 6.07) is 0. The summed E-state index contributed by atoms with van der Waals surface area (Å²) in [6.45, 7) is 7.48. The third kappa shape index (κ3) is 1.98. The minimum atomic E-state index is -0.776. The van der Waals surface area contributed by atoms with Crippen molar-refractivity contribution < 1.29 is 28.5 Å². The Morgan fingerprint density at radius 2 is 1.72 bits per heavy atom. The van der Waals surface area contributed by atoms with Gasteiger partial charge in [0.2, 0.25) is 0 Å². The second-order valence-corrected chi connectivity index (χ2v) is 5.75. The number of hydrogen-bond acceptors (Lipinski definition) is 6. The third-order valence-corrected chi connectivity index (χ3v) is 3.27. The van der Waals surface area contributed by atoms with Crippen molar-refractivity contribution in [2.75, 3.05) is 6.61 Å². The Labute approximate surface area is 105 Å². The van der Waals surface area contributed by atoms with Gasteiger partial charge >= 0.3 is 0 Å². The van der Waals surface area contributed by atoms with Crippen molar-refractivity contribution in [2.45, 2.75) is 63.9 Å². The number of Topliss-reactive ketones (excluding diaryl/α,β-unsaturated/α-hetero) is 1. The largest absolute Gasteiger partial charge is 0.348 e. The van der Waals surface area contributed by atoms with Gasteiger partial charge in [-0.1, -0.05) is 0 Å². The second-order valence-electron chi connectivity index (χ2n) is 5.75. The van der Waals surface area contributed by atoms with Crippen molar-refractivity contribution in [2.24, 2.45) is 0 Å². The molecule has 0 N–H and O–H groups in total. The van der Waals surface area contributed by atoms with Gasteiger partial charge < -0.3 is 23.7 Å². The first-order chi connectivity index (χ1) is 8.27. The van der Waals surface area contributed by atoms with E-state index in [1.165, 1.54) is 0 Å². The molecule has 0 radical (unpaired) electrons. The molecule has 3 saturated heterocycles. The molecule has 6 heteroatoms. The molecule has 1 unspecified atom stereocenters. The predicted molar refractivity (Wildman–Crippen MR) is 58.6 cm³/mol. The molecule has 3 aliphatic heterocycles. The van der Waals surface area contributed by atoms with Crippen molar-refractivity contribution in [1.29, 1.82) is 0 Å². The molecule has 102 valence electrons. The normalized spacial score (nSPS) is 45.4. The maximum Gasteiger partial charge on any atom is 0.198 e. The lowest BCUT2D eigenvalue weighted by Crippen LogP contribution is -2.39. The molecule has 3 rings (SSSR count). The van der Waals surface area contributed by atoms with E-state index in [0.717, 1.165) is 0 Å². The van der Waals surface area contributed by atoms with Crippen LogP contribution in [-0.4, -0.2) is 48.6 Å². The monoisotopic (exact) mass is 258 g/mol. The van der Waals surface area contributed by atoms with Crippen LogP contribution in [0.1, 0.15) is 27.7 Å². The Kier molecular flexibility index (Phi) is 2.60. The summed E-state index contributed by atoms with van der Waals surface area (Å²) in [5, 5.41) is 0. The zero-order chi connectivity index (χ0) is 13.1. The van der Waals surface area contributed by atoms with Crippen molar-refractivity contribution >= 4 is 5.78 Å². The summed E-state index contributed by atoms with van der Waals surface area (Å²) in [5.74, 6) is -1.58. The Morgan fingerprint density at radius 1 is 1.00 bits per heavy atom. The lowest BCUT2D eigenvalue weighted by atomic mass is 10.1. The summed E-state index contributed by atoms with van der Waals surface area (Å²) < 4.78 is 27.7. The molecule has 0 bridgehead atoms. The number of ether oxygens (including phenoxy) is 5. The van der Waals surface area contributed by atoms with Crippen LogP contribution in [0.15, 0.2) is 0 Å². The molecule has 0 amide bonds. The maximum atomic E-state index is 12.2. The molecule has 6 nitrogen and oxygen atoms in total. The first-order valence-corrected chi connectivity index (χ1v) is 6.14. The van der Waals surface area contributed by atoms with E-state index < -0.39 is 36.2 Å². The molecule has 4 atom stereocenters. The summed E-state index contributed by atoms with van der Waals surface area (Å²) in [4.78, 5) is 12.2. The van der Waals surface area contributed by atoms with E-state index in [2.05, 4.69) is 0 Å². The van der Waals surface area contributed by atoms with Gasteiger partial charge in [-0.3, -0.25) is 4.79 Å². The molecule has 0 saturated carbocycles. The molecule has 0 aromatic carbocycles. The highest BCUT2D eigenvalue weighted by atomic mass is 16.8. The average molecular weight is 258 g/mol. The fourth-order valence-corrected chi connectivity index (χ4v) is 2.53. The molecule has 0 aromatic heterocycles. The lowest BCUT2D eigenvalue weighted by Gasteiger charge is -2.23. The van der Waals surface area contributed by atoms with Gasteiger partial charge in [0.25, 0.3) is 0 Å². The van der Waals surface area contributed by atoms with Crippen molar-refractivity contribution in [3.05, 3.63) is 0 Å². The van der Waals surface area contributed by atoms with E-state index in [9.17, 15) is 4.79 Å². The minimum Gasteiger partial charge on any atom is -0.348 e. The summed E-state index contributed by atoms with van der Waals surface area (Å²) >= 11 is 0. The lowest BCUT2D eigenvalue weighted by molar-refractivity contribution is -0.219. The molecular formula is C12H18O6. The van der Waals surface area contributed by atoms with E-state index in [1.807, 2.05) is 13.8 Å². The van der Waals surface area contributed by atoms with Crippen molar-refractivity contribution in [1.82, 2.24) is 0 Å². The number of rotatable bonds is 1. The van der Waals surface area contributed by atoms with Crippen LogP contribution in [0.3, 0.4) is 0 Å². The zero-order valence-corrected chi connectivity index (χ0v) is 11.0. The van der Waals surface area contributed by atoms with Gasteiger partial charge in [0, 0.05) is 0 Å². The summed E-state index contributed by atoms with van der Waals surface area (Å²) in [7, 11) is 0. The molecule has 3 aliphatic rings. The SMILES string of the molecule is CC1(C)OC2O[C@H]([C@H]3COC(C)(C)O3)C(=O)[C@H]2O1. The van der Waals surface area contributed by atoms with Crippen LogP contribution < -0.4 is 0 Å². The van der Waals surface area contributed by atoms with Crippen LogP contribution in [0.25, 0.3) is 0 Å². The Bertz CT molecular complexity index is 377. The number of hydrogen-bond donors (Lipinski definition) is 0. The van der Waals surface area contributed by atoms with Gasteiger partial charge in [-0.25, -0.2) is 0 Å².